The van der Waals surface area contributed by atoms with Crippen LogP contribution in [-0.2, 0) is 4.79 Å². The van der Waals surface area contributed by atoms with Crippen LogP contribution in [0.15, 0.2) is 4.99 Å². The summed E-state index contributed by atoms with van der Waals surface area (Å²) in [6, 6.07) is 0. The second-order valence-electron chi connectivity index (χ2n) is 5.78. The lowest BCUT2D eigenvalue weighted by Gasteiger charge is -2.38. The van der Waals surface area contributed by atoms with E-state index in [-0.39, 0.29) is 16.7 Å². The summed E-state index contributed by atoms with van der Waals surface area (Å²) in [6.07, 6.45) is 3.23. The van der Waals surface area contributed by atoms with Crippen LogP contribution in [-0.4, -0.2) is 18.5 Å². The molecule has 0 radical (unpaired) electrons. The zero-order valence-corrected chi connectivity index (χ0v) is 9.50. The first kappa shape index (κ1) is 9.88. The monoisotopic (exact) mass is 193 g/mol. The van der Waals surface area contributed by atoms with Crippen molar-refractivity contribution in [2.75, 3.05) is 6.54 Å². The molecule has 1 heterocycles. The van der Waals surface area contributed by atoms with Gasteiger partial charge in [0.2, 0.25) is 0 Å². The number of hydrogen-bond acceptors (Lipinski definition) is 2. The van der Waals surface area contributed by atoms with Gasteiger partial charge in [-0.2, -0.15) is 0 Å². The highest BCUT2D eigenvalue weighted by atomic mass is 16.1. The Morgan fingerprint density at radius 2 is 2.14 bits per heavy atom. The number of hydrogen-bond donors (Lipinski definition) is 0. The Balaban J connectivity index is 2.35. The Morgan fingerprint density at radius 1 is 1.50 bits per heavy atom. The standard InChI is InChI=1S/C12H19NO/c1-8(14)10-7-13-6-9-5-12(9,10)11(2,3)4/h6,9-10H,5,7H2,1-4H3. The Kier molecular flexibility index (Phi) is 1.89. The molecule has 0 saturated heterocycles. The molecule has 0 N–H and O–H groups in total. The van der Waals surface area contributed by atoms with Crippen LogP contribution in [0.1, 0.15) is 34.1 Å². The molecule has 0 amide bonds. The Bertz CT molecular complexity index is 300. The number of aliphatic imine (C=N–C) groups is 1. The van der Waals surface area contributed by atoms with Gasteiger partial charge in [-0.25, -0.2) is 0 Å². The second-order valence-corrected chi connectivity index (χ2v) is 5.78. The van der Waals surface area contributed by atoms with Crippen molar-refractivity contribution in [3.63, 3.8) is 0 Å². The first-order valence-electron chi connectivity index (χ1n) is 5.40. The van der Waals surface area contributed by atoms with Gasteiger partial charge >= 0.3 is 0 Å². The van der Waals surface area contributed by atoms with Gasteiger partial charge in [-0.1, -0.05) is 20.8 Å². The second kappa shape index (κ2) is 2.68. The van der Waals surface area contributed by atoms with Gasteiger partial charge in [0.25, 0.3) is 0 Å². The molecule has 2 heteroatoms. The van der Waals surface area contributed by atoms with E-state index in [0.29, 0.717) is 18.2 Å². The van der Waals surface area contributed by atoms with Crippen molar-refractivity contribution < 1.29 is 4.79 Å². The average Bonchev–Trinajstić information content (AvgIpc) is 2.76. The van der Waals surface area contributed by atoms with Crippen molar-refractivity contribution in [3.8, 4) is 0 Å². The van der Waals surface area contributed by atoms with E-state index < -0.39 is 0 Å². The highest BCUT2D eigenvalue weighted by Crippen LogP contribution is 2.68. The Morgan fingerprint density at radius 3 is 2.57 bits per heavy atom. The molecule has 14 heavy (non-hydrogen) atoms. The van der Waals surface area contributed by atoms with Crippen LogP contribution in [0.2, 0.25) is 0 Å². The molecule has 0 aromatic rings. The lowest BCUT2D eigenvalue weighted by molar-refractivity contribution is -0.124. The van der Waals surface area contributed by atoms with E-state index in [4.69, 9.17) is 0 Å². The van der Waals surface area contributed by atoms with Gasteiger partial charge in [0.05, 0.1) is 0 Å². The summed E-state index contributed by atoms with van der Waals surface area (Å²) in [5.74, 6) is 1.04. The van der Waals surface area contributed by atoms with Gasteiger partial charge in [0.15, 0.2) is 0 Å². The predicted octanol–water partition coefficient (Wildman–Crippen LogP) is 2.33. The minimum Gasteiger partial charge on any atom is -0.300 e. The largest absolute Gasteiger partial charge is 0.300 e. The highest BCUT2D eigenvalue weighted by molar-refractivity contribution is 5.84. The molecule has 1 fully saturated rings. The van der Waals surface area contributed by atoms with Crippen LogP contribution in [0.5, 0.6) is 0 Å². The summed E-state index contributed by atoms with van der Waals surface area (Å²) in [5, 5.41) is 0. The van der Waals surface area contributed by atoms with Crippen LogP contribution < -0.4 is 0 Å². The molecule has 2 rings (SSSR count). The molecule has 3 unspecified atom stereocenters. The summed E-state index contributed by atoms with van der Waals surface area (Å²) in [4.78, 5) is 15.9. The summed E-state index contributed by atoms with van der Waals surface area (Å²) >= 11 is 0. The summed E-state index contributed by atoms with van der Waals surface area (Å²) in [5.41, 5.74) is 0.445. The summed E-state index contributed by atoms with van der Waals surface area (Å²) in [7, 11) is 0. The normalized spacial score (nSPS) is 40.6. The van der Waals surface area contributed by atoms with Crippen LogP contribution in [0, 0.1) is 22.7 Å². The Hall–Kier alpha value is -0.660. The topological polar surface area (TPSA) is 29.4 Å². The first-order valence-corrected chi connectivity index (χ1v) is 5.40. The SMILES string of the molecule is CC(=O)C1CN=CC2CC21C(C)(C)C. The summed E-state index contributed by atoms with van der Waals surface area (Å²) < 4.78 is 0. The van der Waals surface area contributed by atoms with Gasteiger partial charge in [-0.3, -0.25) is 9.79 Å². The van der Waals surface area contributed by atoms with Gasteiger partial charge < -0.3 is 0 Å². The lowest BCUT2D eigenvalue weighted by Crippen LogP contribution is -2.39. The third-order valence-electron chi connectivity index (χ3n) is 4.14. The van der Waals surface area contributed by atoms with Crippen LogP contribution in [0.3, 0.4) is 0 Å². The zero-order valence-electron chi connectivity index (χ0n) is 9.50. The van der Waals surface area contributed by atoms with E-state index in [2.05, 4.69) is 32.0 Å². The molecule has 2 nitrogen and oxygen atoms in total. The number of carbonyl (C=O) groups excluding carboxylic acids is 1. The molecule has 0 bridgehead atoms. The lowest BCUT2D eigenvalue weighted by atomic mass is 9.66. The molecular formula is C12H19NO. The quantitative estimate of drug-likeness (QED) is 0.628. The van der Waals surface area contributed by atoms with Crippen molar-refractivity contribution in [2.45, 2.75) is 34.1 Å². The molecule has 78 valence electrons. The third-order valence-corrected chi connectivity index (χ3v) is 4.14. The average molecular weight is 193 g/mol. The highest BCUT2D eigenvalue weighted by Gasteiger charge is 2.66. The first-order chi connectivity index (χ1) is 6.39. The molecule has 1 saturated carbocycles. The van der Waals surface area contributed by atoms with Crippen molar-refractivity contribution in [1.82, 2.24) is 0 Å². The molecule has 0 aromatic heterocycles. The number of rotatable bonds is 1. The Labute approximate surface area is 85.8 Å². The van der Waals surface area contributed by atoms with E-state index >= 15 is 0 Å². The van der Waals surface area contributed by atoms with Crippen molar-refractivity contribution in [1.29, 1.82) is 0 Å². The van der Waals surface area contributed by atoms with Gasteiger partial charge in [-0.05, 0) is 24.2 Å². The maximum absolute atomic E-state index is 11.6. The minimum absolute atomic E-state index is 0.164. The zero-order chi connectivity index (χ0) is 10.6. The van der Waals surface area contributed by atoms with Crippen molar-refractivity contribution in [2.24, 2.45) is 27.7 Å². The van der Waals surface area contributed by atoms with Crippen LogP contribution in [0.4, 0.5) is 0 Å². The third kappa shape index (κ3) is 1.09. The number of ketones is 1. The van der Waals surface area contributed by atoms with E-state index in [0.717, 1.165) is 6.42 Å². The molecule has 0 aromatic carbocycles. The van der Waals surface area contributed by atoms with Gasteiger partial charge in [0.1, 0.15) is 5.78 Å². The van der Waals surface area contributed by atoms with Crippen molar-refractivity contribution in [3.05, 3.63) is 0 Å². The number of Topliss-reactive ketones (excluding diaryl/α,β-unsaturated/α-hetero) is 1. The fourth-order valence-corrected chi connectivity index (χ4v) is 3.22. The fraction of sp³-hybridized carbons (Fsp3) is 0.833. The number of carbonyl (C=O) groups is 1. The maximum Gasteiger partial charge on any atom is 0.135 e. The molecule has 2 aliphatic rings. The van der Waals surface area contributed by atoms with Crippen LogP contribution >= 0.6 is 0 Å². The van der Waals surface area contributed by atoms with E-state index in [1.54, 1.807) is 6.92 Å². The molecular weight excluding hydrogens is 174 g/mol. The molecule has 1 aliphatic carbocycles. The molecule has 3 atom stereocenters. The van der Waals surface area contributed by atoms with Gasteiger partial charge in [0, 0.05) is 24.6 Å². The van der Waals surface area contributed by atoms with Crippen LogP contribution in [0.25, 0.3) is 0 Å². The number of fused-ring (bicyclic) bond motifs is 1. The fourth-order valence-electron chi connectivity index (χ4n) is 3.22. The summed E-state index contributed by atoms with van der Waals surface area (Å²) in [6.45, 7) is 9.18. The minimum atomic E-state index is 0.164. The maximum atomic E-state index is 11.6. The smallest absolute Gasteiger partial charge is 0.135 e. The molecule has 0 spiro atoms. The van der Waals surface area contributed by atoms with E-state index in [1.165, 1.54) is 0 Å². The van der Waals surface area contributed by atoms with E-state index in [1.807, 2.05) is 0 Å². The predicted molar refractivity (Wildman–Crippen MR) is 57.5 cm³/mol. The molecule has 1 aliphatic heterocycles. The van der Waals surface area contributed by atoms with Crippen molar-refractivity contribution >= 4 is 12.0 Å². The van der Waals surface area contributed by atoms with Gasteiger partial charge in [-0.15, -0.1) is 0 Å². The van der Waals surface area contributed by atoms with E-state index in [9.17, 15) is 4.79 Å². The number of nitrogens with zero attached hydrogens (tertiary/aromatic N) is 1.